The first-order chi connectivity index (χ1) is 20.0. The molecule has 1 fully saturated rings. The number of aromatic amines is 1. The third kappa shape index (κ3) is 9.07. The molecule has 0 radical (unpaired) electrons. The third-order valence-electron chi connectivity index (χ3n) is 7.16. The van der Waals surface area contributed by atoms with Gasteiger partial charge in [0.05, 0.1) is 19.7 Å². The van der Waals surface area contributed by atoms with Crippen LogP contribution in [0.3, 0.4) is 0 Å². The summed E-state index contributed by atoms with van der Waals surface area (Å²) >= 11 is 0. The number of rotatable bonds is 7. The summed E-state index contributed by atoms with van der Waals surface area (Å²) in [5, 5.41) is 3.71. The number of carbonyl (C=O) groups is 1. The fourth-order valence-electron chi connectivity index (χ4n) is 5.14. The first kappa shape index (κ1) is 33.3. The van der Waals surface area contributed by atoms with E-state index in [1.54, 1.807) is 26.4 Å². The van der Waals surface area contributed by atoms with Crippen molar-refractivity contribution in [2.24, 2.45) is 5.92 Å². The Morgan fingerprint density at radius 3 is 2.27 bits per heavy atom. The van der Waals surface area contributed by atoms with E-state index >= 15 is 0 Å². The first-order valence-corrected chi connectivity index (χ1v) is 14.6. The first-order valence-electron chi connectivity index (χ1n) is 14.6. The fourth-order valence-corrected chi connectivity index (χ4v) is 5.14. The van der Waals surface area contributed by atoms with E-state index in [9.17, 15) is 9.18 Å². The molecule has 0 spiro atoms. The molecule has 1 aliphatic carbocycles. The number of benzene rings is 2. The molecule has 2 aromatic carbocycles. The largest absolute Gasteiger partial charge is 0.493 e. The molecule has 1 aliphatic rings. The van der Waals surface area contributed by atoms with Gasteiger partial charge in [-0.3, -0.25) is 9.78 Å². The van der Waals surface area contributed by atoms with Gasteiger partial charge < -0.3 is 19.8 Å². The van der Waals surface area contributed by atoms with Gasteiger partial charge in [-0.05, 0) is 97.5 Å². The molecule has 41 heavy (non-hydrogen) atoms. The zero-order valence-electron chi connectivity index (χ0n) is 25.6. The van der Waals surface area contributed by atoms with E-state index in [2.05, 4.69) is 22.2 Å². The molecule has 2 N–H and O–H groups in total. The Balaban J connectivity index is 0.000000263. The summed E-state index contributed by atoms with van der Waals surface area (Å²) in [6, 6.07) is 12.7. The monoisotopic (exact) mass is 563 g/mol. The van der Waals surface area contributed by atoms with Gasteiger partial charge in [0.2, 0.25) is 6.41 Å². The second kappa shape index (κ2) is 17.7. The lowest BCUT2D eigenvalue weighted by atomic mass is 9.78. The number of methoxy groups -OCH3 is 2. The number of carbonyl (C=O) groups excluding carboxylic acids is 1. The Morgan fingerprint density at radius 2 is 1.66 bits per heavy atom. The SMILES string of the molecule is CC.CC.COc1ccc(-c2c[nH]cc2C)cc1OC.O=CNCC1CCC(c2ccnc3ccc(F)cc23)CC1. The lowest BCUT2D eigenvalue weighted by Crippen LogP contribution is -2.25. The van der Waals surface area contributed by atoms with Crippen LogP contribution in [0.25, 0.3) is 22.0 Å². The van der Waals surface area contributed by atoms with E-state index < -0.39 is 0 Å². The van der Waals surface area contributed by atoms with E-state index in [1.165, 1.54) is 22.8 Å². The highest BCUT2D eigenvalue weighted by atomic mass is 19.1. The van der Waals surface area contributed by atoms with Crippen LogP contribution in [0.1, 0.15) is 70.4 Å². The Hall–Kier alpha value is -3.87. The van der Waals surface area contributed by atoms with Crippen LogP contribution in [0.15, 0.2) is 61.1 Å². The molecule has 5 rings (SSSR count). The summed E-state index contributed by atoms with van der Waals surface area (Å²) in [5.41, 5.74) is 5.59. The lowest BCUT2D eigenvalue weighted by molar-refractivity contribution is -0.109. The summed E-state index contributed by atoms with van der Waals surface area (Å²) in [7, 11) is 3.28. The molecular weight excluding hydrogens is 517 g/mol. The number of halogens is 1. The van der Waals surface area contributed by atoms with Crippen molar-refractivity contribution in [3.05, 3.63) is 78.0 Å². The Labute approximate surface area is 244 Å². The molecule has 0 atom stereocenters. The van der Waals surface area contributed by atoms with Gasteiger partial charge in [-0.1, -0.05) is 33.8 Å². The van der Waals surface area contributed by atoms with Gasteiger partial charge in [0.15, 0.2) is 11.5 Å². The highest BCUT2D eigenvalue weighted by molar-refractivity contribution is 5.82. The maximum absolute atomic E-state index is 13.5. The molecule has 6 nitrogen and oxygen atoms in total. The van der Waals surface area contributed by atoms with Gasteiger partial charge in [-0.25, -0.2) is 4.39 Å². The molecule has 0 aliphatic heterocycles. The van der Waals surface area contributed by atoms with Crippen LogP contribution < -0.4 is 14.8 Å². The van der Waals surface area contributed by atoms with Crippen LogP contribution in [0, 0.1) is 18.7 Å². The van der Waals surface area contributed by atoms with Crippen molar-refractivity contribution in [3.8, 4) is 22.6 Å². The zero-order chi connectivity index (χ0) is 30.2. The number of aryl methyl sites for hydroxylation is 1. The molecule has 0 saturated heterocycles. The van der Waals surface area contributed by atoms with Crippen molar-refractivity contribution < 1.29 is 18.7 Å². The third-order valence-corrected chi connectivity index (χ3v) is 7.16. The number of nitrogens with one attached hydrogen (secondary N) is 2. The summed E-state index contributed by atoms with van der Waals surface area (Å²) in [4.78, 5) is 17.8. The predicted molar refractivity (Wildman–Crippen MR) is 167 cm³/mol. The van der Waals surface area contributed by atoms with Crippen LogP contribution in [-0.2, 0) is 4.79 Å². The number of amides is 1. The number of nitrogens with zero attached hydrogens (tertiary/aromatic N) is 1. The Kier molecular flexibility index (Phi) is 14.4. The number of fused-ring (bicyclic) bond motifs is 1. The average molecular weight is 564 g/mol. The number of hydrogen-bond donors (Lipinski definition) is 2. The molecule has 2 heterocycles. The Bertz CT molecular complexity index is 1330. The van der Waals surface area contributed by atoms with Gasteiger partial charge in [-0.15, -0.1) is 0 Å². The van der Waals surface area contributed by atoms with E-state index in [0.717, 1.165) is 66.6 Å². The van der Waals surface area contributed by atoms with Crippen LogP contribution in [0.5, 0.6) is 11.5 Å². The molecule has 0 bridgehead atoms. The fraction of sp³-hybridized carbons (Fsp3) is 0.412. The maximum atomic E-state index is 13.5. The number of aromatic nitrogens is 2. The van der Waals surface area contributed by atoms with E-state index in [1.807, 2.05) is 70.6 Å². The van der Waals surface area contributed by atoms with Gasteiger partial charge in [0, 0.05) is 36.1 Å². The molecule has 0 unspecified atom stereocenters. The van der Waals surface area contributed by atoms with Crippen molar-refractivity contribution in [2.45, 2.75) is 66.2 Å². The van der Waals surface area contributed by atoms with Gasteiger partial charge in [0.1, 0.15) is 5.82 Å². The number of hydrogen-bond acceptors (Lipinski definition) is 4. The smallest absolute Gasteiger partial charge is 0.207 e. The Morgan fingerprint density at radius 1 is 0.951 bits per heavy atom. The molecule has 1 amide bonds. The predicted octanol–water partition coefficient (Wildman–Crippen LogP) is 8.45. The van der Waals surface area contributed by atoms with E-state index in [-0.39, 0.29) is 5.82 Å². The summed E-state index contributed by atoms with van der Waals surface area (Å²) in [6.07, 6.45) is 10.9. The number of ether oxygens (including phenoxy) is 2. The van der Waals surface area contributed by atoms with Crippen LogP contribution in [0.2, 0.25) is 0 Å². The number of H-pyrrole nitrogens is 1. The van der Waals surface area contributed by atoms with Gasteiger partial charge in [-0.2, -0.15) is 0 Å². The van der Waals surface area contributed by atoms with Gasteiger partial charge >= 0.3 is 0 Å². The number of pyridine rings is 1. The standard InChI is InChI=1S/C17H19FN2O.C13H15NO2.2C2H6/c18-14-5-6-17-16(9-14)15(7-8-20-17)13-3-1-12(2-4-13)10-19-11-21;1-9-7-14-8-11(9)10-4-5-12(15-2)13(6-10)16-3;2*1-2/h5-9,11-13H,1-4,10H2,(H,19,21);4-8,14H,1-3H3;2*1-2H3. The summed E-state index contributed by atoms with van der Waals surface area (Å²) in [6.45, 7) is 10.8. The molecule has 1 saturated carbocycles. The van der Waals surface area contributed by atoms with Crippen LogP contribution >= 0.6 is 0 Å². The lowest BCUT2D eigenvalue weighted by Gasteiger charge is -2.29. The van der Waals surface area contributed by atoms with E-state index in [4.69, 9.17) is 9.47 Å². The van der Waals surface area contributed by atoms with Crippen molar-refractivity contribution in [3.63, 3.8) is 0 Å². The molecule has 222 valence electrons. The van der Waals surface area contributed by atoms with E-state index in [0.29, 0.717) is 11.8 Å². The minimum absolute atomic E-state index is 0.208. The molecular formula is C34H46FN3O3. The summed E-state index contributed by atoms with van der Waals surface area (Å²) in [5.74, 6) is 2.32. The second-order valence-electron chi connectivity index (χ2n) is 9.43. The molecule has 4 aromatic rings. The van der Waals surface area contributed by atoms with Crippen molar-refractivity contribution in [2.75, 3.05) is 20.8 Å². The van der Waals surface area contributed by atoms with Crippen molar-refractivity contribution in [1.82, 2.24) is 15.3 Å². The second-order valence-corrected chi connectivity index (χ2v) is 9.43. The normalized spacial score (nSPS) is 15.6. The summed E-state index contributed by atoms with van der Waals surface area (Å²) < 4.78 is 24.0. The van der Waals surface area contributed by atoms with Crippen LogP contribution in [-0.4, -0.2) is 37.1 Å². The highest BCUT2D eigenvalue weighted by Crippen LogP contribution is 2.38. The van der Waals surface area contributed by atoms with Crippen molar-refractivity contribution in [1.29, 1.82) is 0 Å². The zero-order valence-corrected chi connectivity index (χ0v) is 25.6. The van der Waals surface area contributed by atoms with Crippen molar-refractivity contribution >= 4 is 17.3 Å². The molecule has 7 heteroatoms. The minimum atomic E-state index is -0.208. The highest BCUT2D eigenvalue weighted by Gasteiger charge is 2.23. The molecule has 2 aromatic heterocycles. The van der Waals surface area contributed by atoms with Crippen LogP contribution in [0.4, 0.5) is 4.39 Å². The quantitative estimate of drug-likeness (QED) is 0.221. The topological polar surface area (TPSA) is 76.2 Å². The maximum Gasteiger partial charge on any atom is 0.207 e. The van der Waals surface area contributed by atoms with Gasteiger partial charge in [0.25, 0.3) is 0 Å². The minimum Gasteiger partial charge on any atom is -0.493 e. The average Bonchev–Trinajstić information content (AvgIpc) is 3.47.